The average molecular weight is 431 g/mol. The average Bonchev–Trinajstić information content (AvgIpc) is 3.18. The van der Waals surface area contributed by atoms with Crippen molar-refractivity contribution in [1.82, 2.24) is 19.9 Å². The molecule has 0 radical (unpaired) electrons. The van der Waals surface area contributed by atoms with Gasteiger partial charge in [0.25, 0.3) is 5.91 Å². The van der Waals surface area contributed by atoms with Crippen molar-refractivity contribution >= 4 is 16.9 Å². The Morgan fingerprint density at radius 2 is 1.69 bits per heavy atom. The molecule has 4 rings (SSSR count). The van der Waals surface area contributed by atoms with Gasteiger partial charge in [0.1, 0.15) is 12.4 Å². The molecule has 0 bridgehead atoms. The van der Waals surface area contributed by atoms with E-state index in [1.807, 2.05) is 49.4 Å². The zero-order chi connectivity index (χ0) is 22.2. The molecule has 0 saturated carbocycles. The molecule has 1 amide bonds. The highest BCUT2D eigenvalue weighted by atomic mass is 16.5. The summed E-state index contributed by atoms with van der Waals surface area (Å²) in [6.07, 6.45) is 3.83. The molecule has 2 aromatic carbocycles. The second kappa shape index (κ2) is 10.4. The number of fused-ring (bicyclic) bond motifs is 1. The molecule has 0 aliphatic carbocycles. The number of pyridine rings is 1. The lowest BCUT2D eigenvalue weighted by molar-refractivity contribution is 0.0953. The fraction of sp³-hybridized carbons (Fsp3) is 0.240. The zero-order valence-electron chi connectivity index (χ0n) is 18.0. The smallest absolute Gasteiger partial charge is 0.251 e. The first kappa shape index (κ1) is 21.4. The third-order valence-electron chi connectivity index (χ3n) is 5.03. The Hall–Kier alpha value is -3.87. The number of carbonyl (C=O) groups excluding carboxylic acids is 1. The Kier molecular flexibility index (Phi) is 6.97. The molecule has 0 fully saturated rings. The number of imidazole rings is 1. The number of benzene rings is 2. The van der Waals surface area contributed by atoms with Crippen LogP contribution in [0.5, 0.6) is 11.5 Å². The van der Waals surface area contributed by atoms with Gasteiger partial charge in [-0.2, -0.15) is 0 Å². The number of rotatable bonds is 10. The molecule has 2 heterocycles. The van der Waals surface area contributed by atoms with Crippen molar-refractivity contribution in [2.75, 3.05) is 19.8 Å². The monoisotopic (exact) mass is 430 g/mol. The van der Waals surface area contributed by atoms with Crippen LogP contribution in [0, 0.1) is 0 Å². The fourth-order valence-electron chi connectivity index (χ4n) is 3.55. The molecule has 0 unspecified atom stereocenters. The third kappa shape index (κ3) is 5.06. The molecule has 32 heavy (non-hydrogen) atoms. The molecule has 0 saturated heterocycles. The van der Waals surface area contributed by atoms with Gasteiger partial charge < -0.3 is 19.4 Å². The molecule has 7 nitrogen and oxygen atoms in total. The predicted molar refractivity (Wildman–Crippen MR) is 123 cm³/mol. The van der Waals surface area contributed by atoms with E-state index in [-0.39, 0.29) is 5.91 Å². The number of nitrogens with one attached hydrogen (secondary N) is 1. The van der Waals surface area contributed by atoms with Crippen LogP contribution in [0.4, 0.5) is 0 Å². The molecule has 0 aliphatic heterocycles. The first-order valence-corrected chi connectivity index (χ1v) is 10.7. The summed E-state index contributed by atoms with van der Waals surface area (Å²) in [5.41, 5.74) is 2.57. The Morgan fingerprint density at radius 3 is 2.47 bits per heavy atom. The maximum Gasteiger partial charge on any atom is 0.251 e. The third-order valence-corrected chi connectivity index (χ3v) is 5.03. The number of hydrogen-bond donors (Lipinski definition) is 1. The van der Waals surface area contributed by atoms with Gasteiger partial charge in [0.2, 0.25) is 0 Å². The van der Waals surface area contributed by atoms with Crippen LogP contribution in [0.25, 0.3) is 11.0 Å². The highest BCUT2D eigenvalue weighted by Gasteiger charge is 2.12. The number of aromatic nitrogens is 3. The zero-order valence-corrected chi connectivity index (χ0v) is 18.0. The maximum atomic E-state index is 12.3. The summed E-state index contributed by atoms with van der Waals surface area (Å²) in [6.45, 7) is 4.13. The number of para-hydroxylation sites is 4. The molecule has 7 heteroatoms. The minimum Gasteiger partial charge on any atom is -0.490 e. The normalized spacial score (nSPS) is 10.8. The standard InChI is InChI=1S/C25H26N4O3/c1-2-31-22-9-5-6-10-23(22)32-18-17-29-21-8-4-3-7-20(21)28-24(29)13-16-27-25(30)19-11-14-26-15-12-19/h3-12,14-15H,2,13,16-18H2,1H3,(H,27,30). The van der Waals surface area contributed by atoms with Crippen molar-refractivity contribution in [1.29, 1.82) is 0 Å². The number of ether oxygens (including phenoxy) is 2. The minimum atomic E-state index is -0.120. The van der Waals surface area contributed by atoms with E-state index in [9.17, 15) is 4.79 Å². The van der Waals surface area contributed by atoms with Crippen molar-refractivity contribution in [2.45, 2.75) is 19.9 Å². The van der Waals surface area contributed by atoms with Crippen LogP contribution in [0.1, 0.15) is 23.1 Å². The van der Waals surface area contributed by atoms with Gasteiger partial charge in [0.05, 0.1) is 24.2 Å². The van der Waals surface area contributed by atoms with E-state index >= 15 is 0 Å². The Bertz CT molecular complexity index is 1170. The quantitative estimate of drug-likeness (QED) is 0.413. The molecule has 0 aliphatic rings. The first-order valence-electron chi connectivity index (χ1n) is 10.7. The predicted octanol–water partition coefficient (Wildman–Crippen LogP) is 3.88. The van der Waals surface area contributed by atoms with Crippen LogP contribution in [0.15, 0.2) is 73.1 Å². The molecule has 164 valence electrons. The summed E-state index contributed by atoms with van der Waals surface area (Å²) < 4.78 is 13.8. The lowest BCUT2D eigenvalue weighted by Gasteiger charge is -2.13. The number of nitrogens with zero attached hydrogens (tertiary/aromatic N) is 3. The van der Waals surface area contributed by atoms with Gasteiger partial charge in [-0.3, -0.25) is 9.78 Å². The summed E-state index contributed by atoms with van der Waals surface area (Å²) in [6, 6.07) is 19.1. The second-order valence-corrected chi connectivity index (χ2v) is 7.14. The van der Waals surface area contributed by atoms with Crippen molar-refractivity contribution in [3.63, 3.8) is 0 Å². The van der Waals surface area contributed by atoms with E-state index in [0.717, 1.165) is 28.4 Å². The van der Waals surface area contributed by atoms with Gasteiger partial charge in [0, 0.05) is 30.9 Å². The summed E-state index contributed by atoms with van der Waals surface area (Å²) in [5.74, 6) is 2.25. The van der Waals surface area contributed by atoms with Crippen molar-refractivity contribution in [3.8, 4) is 11.5 Å². The van der Waals surface area contributed by atoms with E-state index in [1.54, 1.807) is 24.5 Å². The Balaban J connectivity index is 1.43. The van der Waals surface area contributed by atoms with Gasteiger partial charge >= 0.3 is 0 Å². The van der Waals surface area contributed by atoms with Crippen LogP contribution in [0.2, 0.25) is 0 Å². The van der Waals surface area contributed by atoms with Crippen LogP contribution in [-0.4, -0.2) is 40.2 Å². The molecule has 0 atom stereocenters. The van der Waals surface area contributed by atoms with E-state index in [0.29, 0.717) is 38.3 Å². The molecule has 4 aromatic rings. The molecule has 0 spiro atoms. The van der Waals surface area contributed by atoms with E-state index < -0.39 is 0 Å². The molecule has 2 aromatic heterocycles. The van der Waals surface area contributed by atoms with Crippen LogP contribution < -0.4 is 14.8 Å². The maximum absolute atomic E-state index is 12.3. The van der Waals surface area contributed by atoms with E-state index in [2.05, 4.69) is 20.9 Å². The van der Waals surface area contributed by atoms with Crippen LogP contribution in [0.3, 0.4) is 0 Å². The van der Waals surface area contributed by atoms with Gasteiger partial charge in [-0.1, -0.05) is 24.3 Å². The molecular formula is C25H26N4O3. The summed E-state index contributed by atoms with van der Waals surface area (Å²) in [5, 5.41) is 2.95. The highest BCUT2D eigenvalue weighted by Crippen LogP contribution is 2.26. The van der Waals surface area contributed by atoms with Gasteiger partial charge in [-0.05, 0) is 43.3 Å². The summed E-state index contributed by atoms with van der Waals surface area (Å²) in [7, 11) is 0. The largest absolute Gasteiger partial charge is 0.490 e. The Labute approximate surface area is 187 Å². The van der Waals surface area contributed by atoms with Crippen molar-refractivity contribution in [2.24, 2.45) is 0 Å². The van der Waals surface area contributed by atoms with Crippen LogP contribution >= 0.6 is 0 Å². The Morgan fingerprint density at radius 1 is 0.969 bits per heavy atom. The van der Waals surface area contributed by atoms with Crippen molar-refractivity contribution in [3.05, 3.63) is 84.4 Å². The lowest BCUT2D eigenvalue weighted by Crippen LogP contribution is -2.26. The summed E-state index contributed by atoms with van der Waals surface area (Å²) >= 11 is 0. The molecule has 1 N–H and O–H groups in total. The fourth-order valence-corrected chi connectivity index (χ4v) is 3.55. The summed E-state index contributed by atoms with van der Waals surface area (Å²) in [4.78, 5) is 21.0. The van der Waals surface area contributed by atoms with E-state index in [4.69, 9.17) is 14.5 Å². The second-order valence-electron chi connectivity index (χ2n) is 7.14. The number of carbonyl (C=O) groups is 1. The van der Waals surface area contributed by atoms with Crippen molar-refractivity contribution < 1.29 is 14.3 Å². The number of amides is 1. The lowest BCUT2D eigenvalue weighted by atomic mass is 10.2. The molecular weight excluding hydrogens is 404 g/mol. The van der Waals surface area contributed by atoms with Gasteiger partial charge in [0.15, 0.2) is 11.5 Å². The first-order chi connectivity index (χ1) is 15.8. The highest BCUT2D eigenvalue weighted by molar-refractivity contribution is 5.93. The van der Waals surface area contributed by atoms with Crippen LogP contribution in [-0.2, 0) is 13.0 Å². The van der Waals surface area contributed by atoms with E-state index in [1.165, 1.54) is 0 Å². The minimum absolute atomic E-state index is 0.120. The SMILES string of the molecule is CCOc1ccccc1OCCn1c(CCNC(=O)c2ccncc2)nc2ccccc21. The van der Waals surface area contributed by atoms with Gasteiger partial charge in [-0.25, -0.2) is 4.98 Å². The van der Waals surface area contributed by atoms with Gasteiger partial charge in [-0.15, -0.1) is 0 Å². The topological polar surface area (TPSA) is 78.3 Å². The number of hydrogen-bond acceptors (Lipinski definition) is 5.